The van der Waals surface area contributed by atoms with E-state index in [1.807, 2.05) is 78.9 Å². The number of likely N-dealkylation sites (tertiary alicyclic amines) is 1. The van der Waals surface area contributed by atoms with Crippen LogP contribution in [0.4, 0.5) is 4.79 Å². The van der Waals surface area contributed by atoms with Gasteiger partial charge in [-0.1, -0.05) is 109 Å². The Hall–Kier alpha value is -7.86. The molecule has 5 atom stereocenters. The van der Waals surface area contributed by atoms with Crippen molar-refractivity contribution in [1.29, 1.82) is 0 Å². The van der Waals surface area contributed by atoms with Gasteiger partial charge < -0.3 is 51.0 Å². The fourth-order valence-electron chi connectivity index (χ4n) is 8.85. The van der Waals surface area contributed by atoms with Crippen LogP contribution in [0, 0.1) is 0 Å². The van der Waals surface area contributed by atoms with E-state index in [-0.39, 0.29) is 44.8 Å². The van der Waals surface area contributed by atoms with Crippen LogP contribution in [0.25, 0.3) is 11.1 Å². The van der Waals surface area contributed by atoms with E-state index in [2.05, 4.69) is 36.6 Å². The summed E-state index contributed by atoms with van der Waals surface area (Å²) < 4.78 is 11.3. The summed E-state index contributed by atoms with van der Waals surface area (Å²) in [5.41, 5.74) is 5.23. The molecule has 0 spiro atoms. The first-order valence-electron chi connectivity index (χ1n) is 23.7. The number of benzene rings is 4. The van der Waals surface area contributed by atoms with Crippen molar-refractivity contribution in [2.24, 2.45) is 0 Å². The number of hydrogen-bond acceptors (Lipinski definition) is 11. The number of aliphatic hydroxyl groups excluding tert-OH is 1. The van der Waals surface area contributed by atoms with Crippen molar-refractivity contribution < 1.29 is 48.1 Å². The number of aromatic nitrogens is 2. The van der Waals surface area contributed by atoms with E-state index >= 15 is 0 Å². The Bertz CT molecular complexity index is 2610. The van der Waals surface area contributed by atoms with Crippen molar-refractivity contribution in [3.05, 3.63) is 150 Å². The van der Waals surface area contributed by atoms with Gasteiger partial charge in [0.15, 0.2) is 0 Å². The van der Waals surface area contributed by atoms with Gasteiger partial charge in [-0.15, -0.1) is 0 Å². The van der Waals surface area contributed by atoms with Crippen LogP contribution >= 0.6 is 0 Å². The largest absolute Gasteiger partial charge is 0.458 e. The van der Waals surface area contributed by atoms with Gasteiger partial charge in [0.05, 0.1) is 19.5 Å². The average molecular weight is 969 g/mol. The predicted octanol–water partition coefficient (Wildman–Crippen LogP) is 3.24. The Balaban J connectivity index is 0.990. The smallest absolute Gasteiger partial charge is 0.407 e. The maximum absolute atomic E-state index is 14.5. The van der Waals surface area contributed by atoms with Crippen LogP contribution in [-0.4, -0.2) is 124 Å². The number of esters is 1. The van der Waals surface area contributed by atoms with Gasteiger partial charge >= 0.3 is 12.1 Å². The lowest BCUT2D eigenvalue weighted by Crippen LogP contribution is -2.60. The fraction of sp³-hybridized carbons (Fsp3) is 0.358. The highest BCUT2D eigenvalue weighted by molar-refractivity contribution is 5.96. The van der Waals surface area contributed by atoms with Crippen molar-refractivity contribution in [3.63, 3.8) is 0 Å². The molecular weight excluding hydrogens is 909 g/mol. The van der Waals surface area contributed by atoms with E-state index in [1.54, 1.807) is 51.1 Å². The molecule has 0 unspecified atom stereocenters. The molecule has 0 radical (unpaired) electrons. The molecule has 6 amide bonds. The fourth-order valence-corrected chi connectivity index (χ4v) is 8.85. The zero-order chi connectivity index (χ0) is 50.5. The van der Waals surface area contributed by atoms with Crippen LogP contribution in [-0.2, 0) is 57.5 Å². The number of rotatable bonds is 20. The number of alkyl carbamates (subject to hydrolysis) is 1. The summed E-state index contributed by atoms with van der Waals surface area (Å²) in [4.78, 5) is 104. The number of fused-ring (bicyclic) bond motifs is 3. The van der Waals surface area contributed by atoms with Crippen molar-refractivity contribution in [2.75, 3.05) is 26.3 Å². The second kappa shape index (κ2) is 23.6. The van der Waals surface area contributed by atoms with Crippen molar-refractivity contribution >= 4 is 41.6 Å². The number of hydrogen-bond donors (Lipinski definition) is 7. The number of H-pyrrole nitrogens is 1. The Kier molecular flexibility index (Phi) is 17.0. The van der Waals surface area contributed by atoms with E-state index < -0.39 is 90.6 Å². The molecule has 18 nitrogen and oxygen atoms in total. The normalized spacial score (nSPS) is 15.7. The topological polar surface area (TPSA) is 250 Å². The molecule has 5 aromatic rings. The number of aromatic amines is 1. The van der Waals surface area contributed by atoms with Crippen LogP contribution in [0.5, 0.6) is 0 Å². The van der Waals surface area contributed by atoms with E-state index in [9.17, 15) is 38.7 Å². The SMILES string of the molecule is CC(C)(C)OC(=O)[C@H](Cc1ccccc1)NC(=O)CNC(=O)[C@@H]1CCCN1C(=O)[C@H](Cc1ccccc1)NC(=O)[C@H](CO)NC(=O)[C@H](Cc1cnc[nH]1)NC(=O)OCC1c2ccccc2-c2ccccc21. The van der Waals surface area contributed by atoms with Crippen LogP contribution in [0.1, 0.15) is 67.5 Å². The molecule has 7 N–H and O–H groups in total. The van der Waals surface area contributed by atoms with E-state index in [0.717, 1.165) is 27.8 Å². The lowest BCUT2D eigenvalue weighted by Gasteiger charge is -2.30. The van der Waals surface area contributed by atoms with Gasteiger partial charge in [-0.3, -0.25) is 24.0 Å². The molecule has 1 fully saturated rings. The van der Waals surface area contributed by atoms with Gasteiger partial charge in [0.1, 0.15) is 42.4 Å². The third-order valence-corrected chi connectivity index (χ3v) is 12.2. The highest BCUT2D eigenvalue weighted by atomic mass is 16.6. The number of imidazole rings is 1. The molecule has 1 aliphatic heterocycles. The predicted molar refractivity (Wildman–Crippen MR) is 261 cm³/mol. The minimum Gasteiger partial charge on any atom is -0.458 e. The van der Waals surface area contributed by atoms with E-state index in [1.165, 1.54) is 17.4 Å². The first-order valence-corrected chi connectivity index (χ1v) is 23.7. The maximum Gasteiger partial charge on any atom is 0.407 e. The first-order chi connectivity index (χ1) is 34.2. The zero-order valence-corrected chi connectivity index (χ0v) is 39.9. The van der Waals surface area contributed by atoms with Crippen LogP contribution in [0.3, 0.4) is 0 Å². The Morgan fingerprint density at radius 1 is 0.718 bits per heavy atom. The summed E-state index contributed by atoms with van der Waals surface area (Å²) in [7, 11) is 0. The summed E-state index contributed by atoms with van der Waals surface area (Å²) in [6.45, 7) is 3.94. The summed E-state index contributed by atoms with van der Waals surface area (Å²) in [6, 6.07) is 27.5. The third kappa shape index (κ3) is 13.7. The summed E-state index contributed by atoms with van der Waals surface area (Å²) in [5, 5.41) is 23.6. The van der Waals surface area contributed by atoms with Gasteiger partial charge in [0, 0.05) is 43.6 Å². The molecule has 372 valence electrons. The molecule has 7 rings (SSSR count). The van der Waals surface area contributed by atoms with Crippen molar-refractivity contribution in [3.8, 4) is 11.1 Å². The first kappa shape index (κ1) is 51.0. The Morgan fingerprint density at radius 2 is 1.30 bits per heavy atom. The maximum atomic E-state index is 14.5. The van der Waals surface area contributed by atoms with Gasteiger partial charge in [0.25, 0.3) is 0 Å². The lowest BCUT2D eigenvalue weighted by molar-refractivity contribution is -0.158. The molecule has 0 saturated carbocycles. The number of ether oxygens (including phenoxy) is 2. The lowest BCUT2D eigenvalue weighted by atomic mass is 9.98. The second-order valence-corrected chi connectivity index (χ2v) is 18.5. The number of amides is 6. The van der Waals surface area contributed by atoms with Crippen molar-refractivity contribution in [2.45, 2.75) is 94.6 Å². The minimum atomic E-state index is -1.58. The number of carbonyl (C=O) groups excluding carboxylic acids is 7. The number of carbonyl (C=O) groups is 7. The molecule has 1 saturated heterocycles. The second-order valence-electron chi connectivity index (χ2n) is 18.5. The number of nitrogens with zero attached hydrogens (tertiary/aromatic N) is 2. The standard InChI is InChI=1S/C53H60N8O10/c1-53(2,3)71-51(68)43(26-34-17-8-5-9-18-34)57-46(63)29-55-49(66)45-23-14-24-61(45)50(67)42(25-33-15-6-4-7-16-33)58-48(65)44(30-62)59-47(64)41(27-35-28-54-32-56-35)60-52(69)70-31-40-38-21-12-10-19-36(38)37-20-11-13-22-39(37)40/h4-13,15-22,28,32,40-45,62H,14,23-27,29-31H2,1-3H3,(H,54,56)(H,55,66)(H,57,63)(H,58,65)(H,59,64)(H,60,69)/t41-,42-,43-,44-,45-/m0/s1. The van der Waals surface area contributed by atoms with Gasteiger partial charge in [-0.05, 0) is 67.0 Å². The highest BCUT2D eigenvalue weighted by Crippen LogP contribution is 2.44. The summed E-state index contributed by atoms with van der Waals surface area (Å²) in [6.07, 6.45) is 2.78. The Labute approximate surface area is 411 Å². The van der Waals surface area contributed by atoms with E-state index in [4.69, 9.17) is 9.47 Å². The summed E-state index contributed by atoms with van der Waals surface area (Å²) in [5.74, 6) is -4.46. The molecule has 4 aromatic carbocycles. The van der Waals surface area contributed by atoms with Crippen LogP contribution in [0.2, 0.25) is 0 Å². The Morgan fingerprint density at radius 3 is 1.89 bits per heavy atom. The van der Waals surface area contributed by atoms with Gasteiger partial charge in [-0.2, -0.15) is 0 Å². The molecule has 71 heavy (non-hydrogen) atoms. The van der Waals surface area contributed by atoms with Gasteiger partial charge in [0.2, 0.25) is 29.5 Å². The minimum absolute atomic E-state index is 0.00991. The molecule has 2 heterocycles. The number of aliphatic hydroxyl groups is 1. The molecule has 0 bridgehead atoms. The zero-order valence-electron chi connectivity index (χ0n) is 39.9. The molecule has 1 aliphatic carbocycles. The molecule has 1 aromatic heterocycles. The van der Waals surface area contributed by atoms with Crippen molar-refractivity contribution in [1.82, 2.24) is 41.5 Å². The number of nitrogens with one attached hydrogen (secondary N) is 6. The van der Waals surface area contributed by atoms with Gasteiger partial charge in [-0.25, -0.2) is 14.6 Å². The molecular formula is C53H60N8O10. The quantitative estimate of drug-likeness (QED) is 0.0558. The third-order valence-electron chi connectivity index (χ3n) is 12.2. The monoisotopic (exact) mass is 968 g/mol. The summed E-state index contributed by atoms with van der Waals surface area (Å²) >= 11 is 0. The molecule has 2 aliphatic rings. The average Bonchev–Trinajstić information content (AvgIpc) is 4.14. The van der Waals surface area contributed by atoms with Crippen LogP contribution in [0.15, 0.2) is 122 Å². The highest BCUT2D eigenvalue weighted by Gasteiger charge is 2.39. The molecule has 18 heteroatoms. The van der Waals surface area contributed by atoms with Crippen LogP contribution < -0.4 is 26.6 Å². The van der Waals surface area contributed by atoms with E-state index in [0.29, 0.717) is 17.7 Å².